The zero-order valence-electron chi connectivity index (χ0n) is 14.1. The van der Waals surface area contributed by atoms with Crippen molar-refractivity contribution in [1.29, 1.82) is 0 Å². The van der Waals surface area contributed by atoms with Crippen LogP contribution in [0.4, 0.5) is 11.8 Å². The Hall–Kier alpha value is -1.41. The van der Waals surface area contributed by atoms with Crippen LogP contribution in [0.15, 0.2) is 12.3 Å². The second-order valence-electron chi connectivity index (χ2n) is 7.28. The average molecular weight is 351 g/mol. The van der Waals surface area contributed by atoms with Crippen LogP contribution < -0.4 is 15.1 Å². The highest BCUT2D eigenvalue weighted by Crippen LogP contribution is 2.27. The Kier molecular flexibility index (Phi) is 4.12. The van der Waals surface area contributed by atoms with Gasteiger partial charge in [0, 0.05) is 38.4 Å². The predicted molar refractivity (Wildman–Crippen MR) is 94.2 cm³/mol. The minimum atomic E-state index is -2.96. The fraction of sp³-hybridized carbons (Fsp3) is 0.750. The summed E-state index contributed by atoms with van der Waals surface area (Å²) < 4.78 is 24.0. The summed E-state index contributed by atoms with van der Waals surface area (Å²) in [6, 6.07) is 1.90. The number of piperidine rings is 1. The third kappa shape index (κ3) is 3.09. The zero-order valence-corrected chi connectivity index (χ0v) is 14.9. The van der Waals surface area contributed by atoms with Crippen molar-refractivity contribution in [1.82, 2.24) is 15.3 Å². The Labute approximate surface area is 143 Å². The lowest BCUT2D eigenvalue weighted by atomic mass is 10.00. The molecule has 0 radical (unpaired) electrons. The molecule has 0 aliphatic carbocycles. The van der Waals surface area contributed by atoms with Crippen LogP contribution in [0.3, 0.4) is 0 Å². The summed E-state index contributed by atoms with van der Waals surface area (Å²) in [6.07, 6.45) is 4.14. The largest absolute Gasteiger partial charge is 0.350 e. The number of nitrogens with one attached hydrogen (secondary N) is 1. The molecule has 3 saturated heterocycles. The molecule has 2 atom stereocenters. The van der Waals surface area contributed by atoms with Gasteiger partial charge in [-0.25, -0.2) is 13.4 Å². The third-order valence-electron chi connectivity index (χ3n) is 5.47. The maximum Gasteiger partial charge on any atom is 0.227 e. The molecule has 1 N–H and O–H groups in total. The molecule has 0 aromatic carbocycles. The summed E-state index contributed by atoms with van der Waals surface area (Å²) in [5.41, 5.74) is 0. The second kappa shape index (κ2) is 6.15. The number of sulfone groups is 1. The van der Waals surface area contributed by atoms with E-state index in [1.807, 2.05) is 6.07 Å². The van der Waals surface area contributed by atoms with E-state index in [4.69, 9.17) is 4.98 Å². The Bertz CT molecular complexity index is 702. The number of anilines is 2. The monoisotopic (exact) mass is 351 g/mol. The SMILES string of the molecule is CC1CCN(c2nccc(N3CCN[C@H]4CS(=O)(=O)C[C@H]43)n2)CC1. The van der Waals surface area contributed by atoms with E-state index < -0.39 is 9.84 Å². The Balaban J connectivity index is 1.57. The molecule has 8 heteroatoms. The number of aromatic nitrogens is 2. The molecule has 3 fully saturated rings. The van der Waals surface area contributed by atoms with Gasteiger partial charge in [0.2, 0.25) is 5.95 Å². The van der Waals surface area contributed by atoms with Crippen LogP contribution >= 0.6 is 0 Å². The first-order chi connectivity index (χ1) is 11.5. The van der Waals surface area contributed by atoms with Gasteiger partial charge in [-0.3, -0.25) is 0 Å². The average Bonchev–Trinajstić information content (AvgIpc) is 2.89. The number of fused-ring (bicyclic) bond motifs is 1. The van der Waals surface area contributed by atoms with E-state index >= 15 is 0 Å². The molecule has 1 aromatic heterocycles. The minimum absolute atomic E-state index is 0.0120. The Morgan fingerprint density at radius 2 is 2.00 bits per heavy atom. The highest BCUT2D eigenvalue weighted by Gasteiger charge is 2.43. The molecule has 0 bridgehead atoms. The molecular weight excluding hydrogens is 326 g/mol. The highest BCUT2D eigenvalue weighted by atomic mass is 32.2. The number of hydrogen-bond acceptors (Lipinski definition) is 7. The van der Waals surface area contributed by atoms with Crippen LogP contribution in [0, 0.1) is 5.92 Å². The maximum atomic E-state index is 12.0. The van der Waals surface area contributed by atoms with Gasteiger partial charge in [0.15, 0.2) is 9.84 Å². The summed E-state index contributed by atoms with van der Waals surface area (Å²) in [4.78, 5) is 13.6. The van der Waals surface area contributed by atoms with E-state index in [1.165, 1.54) is 12.8 Å². The Morgan fingerprint density at radius 1 is 1.21 bits per heavy atom. The van der Waals surface area contributed by atoms with Gasteiger partial charge in [0.1, 0.15) is 5.82 Å². The van der Waals surface area contributed by atoms with Crippen LogP contribution in [0.25, 0.3) is 0 Å². The molecule has 4 rings (SSSR count). The van der Waals surface area contributed by atoms with Crippen LogP contribution in [0.2, 0.25) is 0 Å². The zero-order chi connectivity index (χ0) is 16.7. The summed E-state index contributed by atoms with van der Waals surface area (Å²) in [5, 5.41) is 3.34. The molecular formula is C16H25N5O2S. The fourth-order valence-corrected chi connectivity index (χ4v) is 5.97. The normalized spacial score (nSPS) is 30.4. The van der Waals surface area contributed by atoms with E-state index in [2.05, 4.69) is 27.0 Å². The van der Waals surface area contributed by atoms with Crippen LogP contribution in [0.5, 0.6) is 0 Å². The number of hydrogen-bond donors (Lipinski definition) is 1. The Morgan fingerprint density at radius 3 is 2.79 bits per heavy atom. The van der Waals surface area contributed by atoms with Gasteiger partial charge in [-0.15, -0.1) is 0 Å². The van der Waals surface area contributed by atoms with Crippen molar-refractivity contribution < 1.29 is 8.42 Å². The van der Waals surface area contributed by atoms with Crippen molar-refractivity contribution in [3.05, 3.63) is 12.3 Å². The number of nitrogens with zero attached hydrogens (tertiary/aromatic N) is 4. The predicted octanol–water partition coefficient (Wildman–Crippen LogP) is 0.288. The lowest BCUT2D eigenvalue weighted by Crippen LogP contribution is -2.57. The lowest BCUT2D eigenvalue weighted by Gasteiger charge is -2.38. The standard InChI is InChI=1S/C16H25N5O2S/c1-12-3-7-20(8-4-12)16-18-5-2-15(19-16)21-9-6-17-13-10-24(22,23)11-14(13)21/h2,5,12-14,17H,3-4,6-11H2,1H3/t13-,14+/m0/s1. The van der Waals surface area contributed by atoms with Crippen molar-refractivity contribution >= 4 is 21.6 Å². The molecule has 1 aromatic rings. The maximum absolute atomic E-state index is 12.0. The molecule has 0 saturated carbocycles. The summed E-state index contributed by atoms with van der Waals surface area (Å²) in [6.45, 7) is 5.84. The van der Waals surface area contributed by atoms with E-state index in [0.717, 1.165) is 43.9 Å². The number of piperazine rings is 1. The molecule has 0 unspecified atom stereocenters. The van der Waals surface area contributed by atoms with Gasteiger partial charge in [0.25, 0.3) is 0 Å². The first-order valence-electron chi connectivity index (χ1n) is 8.80. The first kappa shape index (κ1) is 16.1. The van der Waals surface area contributed by atoms with E-state index in [-0.39, 0.29) is 23.6 Å². The van der Waals surface area contributed by atoms with Gasteiger partial charge in [-0.05, 0) is 24.8 Å². The van der Waals surface area contributed by atoms with E-state index in [1.54, 1.807) is 6.20 Å². The molecule has 24 heavy (non-hydrogen) atoms. The molecule has 3 aliphatic rings. The van der Waals surface area contributed by atoms with Crippen LogP contribution in [-0.4, -0.2) is 68.2 Å². The number of rotatable bonds is 2. The van der Waals surface area contributed by atoms with Gasteiger partial charge < -0.3 is 15.1 Å². The van der Waals surface area contributed by atoms with E-state index in [9.17, 15) is 8.42 Å². The van der Waals surface area contributed by atoms with Crippen molar-refractivity contribution in [2.75, 3.05) is 47.5 Å². The third-order valence-corrected chi connectivity index (χ3v) is 7.19. The summed E-state index contributed by atoms with van der Waals surface area (Å²) in [5.74, 6) is 2.84. The van der Waals surface area contributed by atoms with Gasteiger partial charge in [0.05, 0.1) is 17.5 Å². The smallest absolute Gasteiger partial charge is 0.227 e. The van der Waals surface area contributed by atoms with Gasteiger partial charge >= 0.3 is 0 Å². The van der Waals surface area contributed by atoms with Crippen molar-refractivity contribution in [2.24, 2.45) is 5.92 Å². The van der Waals surface area contributed by atoms with Crippen molar-refractivity contribution in [2.45, 2.75) is 31.8 Å². The lowest BCUT2D eigenvalue weighted by molar-refractivity contribution is 0.421. The highest BCUT2D eigenvalue weighted by molar-refractivity contribution is 7.91. The summed E-state index contributed by atoms with van der Waals surface area (Å²) in [7, 11) is -2.96. The first-order valence-corrected chi connectivity index (χ1v) is 10.6. The second-order valence-corrected chi connectivity index (χ2v) is 9.44. The van der Waals surface area contributed by atoms with Crippen molar-refractivity contribution in [3.8, 4) is 0 Å². The topological polar surface area (TPSA) is 78.4 Å². The quantitative estimate of drug-likeness (QED) is 0.820. The van der Waals surface area contributed by atoms with Crippen LogP contribution in [-0.2, 0) is 9.84 Å². The molecule has 3 aliphatic heterocycles. The molecule has 4 heterocycles. The molecule has 132 valence electrons. The van der Waals surface area contributed by atoms with Crippen molar-refractivity contribution in [3.63, 3.8) is 0 Å². The van der Waals surface area contributed by atoms with Gasteiger partial charge in [-0.1, -0.05) is 6.92 Å². The van der Waals surface area contributed by atoms with Crippen LogP contribution in [0.1, 0.15) is 19.8 Å². The molecule has 0 spiro atoms. The van der Waals surface area contributed by atoms with E-state index in [0.29, 0.717) is 0 Å². The summed E-state index contributed by atoms with van der Waals surface area (Å²) >= 11 is 0. The molecule has 0 amide bonds. The fourth-order valence-electron chi connectivity index (χ4n) is 4.01. The minimum Gasteiger partial charge on any atom is -0.350 e. The molecule has 7 nitrogen and oxygen atoms in total. The van der Waals surface area contributed by atoms with Gasteiger partial charge in [-0.2, -0.15) is 4.98 Å².